The van der Waals surface area contributed by atoms with Gasteiger partial charge in [-0.05, 0) is 102 Å². The zero-order valence-electron chi connectivity index (χ0n) is 28.5. The van der Waals surface area contributed by atoms with E-state index in [-0.39, 0.29) is 0 Å². The van der Waals surface area contributed by atoms with Crippen molar-refractivity contribution in [2.24, 2.45) is 5.92 Å². The number of fused-ring (bicyclic) bond motifs is 1. The summed E-state index contributed by atoms with van der Waals surface area (Å²) in [5.74, 6) is 1.17. The minimum Gasteiger partial charge on any atom is -0.456 e. The molecule has 0 amide bonds. The number of allylic oxidation sites excluding steroid dienone is 18. The second-order valence-electron chi connectivity index (χ2n) is 12.8. The normalized spacial score (nSPS) is 17.6. The van der Waals surface area contributed by atoms with Crippen molar-refractivity contribution in [1.29, 1.82) is 0 Å². The van der Waals surface area contributed by atoms with Gasteiger partial charge >= 0.3 is 0 Å². The van der Waals surface area contributed by atoms with Gasteiger partial charge < -0.3 is 9.32 Å². The first-order chi connectivity index (χ1) is 24.7. The molecule has 4 aromatic rings. The number of nitrogens with zero attached hydrogens (tertiary/aromatic N) is 1. The average Bonchev–Trinajstić information content (AvgIpc) is 3.61. The molecule has 246 valence electrons. The SMILES string of the molecule is C=C/C=C\C=C\C1C=CC(N(C2=CC=C(C3=CC=CCC3)CC2)c2ccc(-c3cccc4cc(/C=C\C=C)oc34)c(-c3ccccc3)c2)=CC1. The molecule has 0 saturated carbocycles. The Hall–Kier alpha value is -5.86. The van der Waals surface area contributed by atoms with Crippen LogP contribution in [0.2, 0.25) is 0 Å². The smallest absolute Gasteiger partial charge is 0.142 e. The summed E-state index contributed by atoms with van der Waals surface area (Å²) in [5.41, 5.74) is 12.0. The lowest BCUT2D eigenvalue weighted by Crippen LogP contribution is -2.23. The van der Waals surface area contributed by atoms with E-state index in [0.717, 1.165) is 65.6 Å². The minimum absolute atomic E-state index is 0.357. The Labute approximate surface area is 296 Å². The molecule has 2 heteroatoms. The lowest BCUT2D eigenvalue weighted by Gasteiger charge is -2.33. The predicted octanol–water partition coefficient (Wildman–Crippen LogP) is 13.4. The van der Waals surface area contributed by atoms with Gasteiger partial charge in [0.15, 0.2) is 0 Å². The molecular formula is C48H43NO. The Morgan fingerprint density at radius 3 is 2.38 bits per heavy atom. The van der Waals surface area contributed by atoms with Crippen molar-refractivity contribution in [2.75, 3.05) is 4.90 Å². The monoisotopic (exact) mass is 649 g/mol. The van der Waals surface area contributed by atoms with Crippen LogP contribution in [0.15, 0.2) is 204 Å². The van der Waals surface area contributed by atoms with Crippen molar-refractivity contribution in [3.05, 3.63) is 205 Å². The summed E-state index contributed by atoms with van der Waals surface area (Å²) in [4.78, 5) is 2.47. The standard InChI is InChI=1S/C48H43NO/c1-3-5-7-10-16-36-24-28-41(29-25-36)49(42-30-26-38(27-31-42)37-17-11-8-12-18-37)43-32-33-45(47(35-43)39-19-13-9-14-20-39)46-23-15-21-40-34-44(22-6-4-2)50-48(40)46/h3-11,13-17,19-24,26,28-30,32-36H,1-2,12,18,25,27,31H2/b7-5-,16-10+,22-6-. The molecule has 1 aromatic heterocycles. The Balaban J connectivity index is 1.33. The van der Waals surface area contributed by atoms with Gasteiger partial charge in [0.2, 0.25) is 0 Å². The van der Waals surface area contributed by atoms with Crippen LogP contribution in [0.3, 0.4) is 0 Å². The first-order valence-corrected chi connectivity index (χ1v) is 17.6. The van der Waals surface area contributed by atoms with E-state index >= 15 is 0 Å². The summed E-state index contributed by atoms with van der Waals surface area (Å²) in [6.07, 6.45) is 39.5. The van der Waals surface area contributed by atoms with E-state index in [0.29, 0.717) is 5.92 Å². The number of rotatable bonds is 11. The van der Waals surface area contributed by atoms with Crippen LogP contribution in [0.25, 0.3) is 39.3 Å². The molecule has 3 aliphatic rings. The highest BCUT2D eigenvalue weighted by molar-refractivity contribution is 5.99. The van der Waals surface area contributed by atoms with Crippen LogP contribution in [0.1, 0.15) is 37.9 Å². The maximum Gasteiger partial charge on any atom is 0.142 e. The van der Waals surface area contributed by atoms with Gasteiger partial charge in [-0.15, -0.1) is 0 Å². The molecule has 50 heavy (non-hydrogen) atoms. The largest absolute Gasteiger partial charge is 0.456 e. The van der Waals surface area contributed by atoms with Crippen LogP contribution in [-0.2, 0) is 0 Å². The molecular weight excluding hydrogens is 607 g/mol. The first kappa shape index (κ1) is 32.7. The Morgan fingerprint density at radius 1 is 0.740 bits per heavy atom. The molecule has 0 saturated heterocycles. The molecule has 2 nitrogen and oxygen atoms in total. The summed E-state index contributed by atoms with van der Waals surface area (Å²) in [6, 6.07) is 26.1. The number of hydrogen-bond acceptors (Lipinski definition) is 2. The van der Waals surface area contributed by atoms with Crippen molar-refractivity contribution >= 4 is 22.7 Å². The van der Waals surface area contributed by atoms with Gasteiger partial charge in [0, 0.05) is 28.0 Å². The van der Waals surface area contributed by atoms with Crippen LogP contribution in [0.4, 0.5) is 5.69 Å². The van der Waals surface area contributed by atoms with Gasteiger partial charge in [-0.1, -0.05) is 147 Å². The molecule has 0 radical (unpaired) electrons. The third-order valence-corrected chi connectivity index (χ3v) is 9.53. The maximum atomic E-state index is 6.42. The summed E-state index contributed by atoms with van der Waals surface area (Å²) in [6.45, 7) is 7.59. The van der Waals surface area contributed by atoms with E-state index in [2.05, 4.69) is 152 Å². The number of benzene rings is 3. The molecule has 7 rings (SSSR count). The van der Waals surface area contributed by atoms with Gasteiger partial charge in [0.05, 0.1) is 0 Å². The molecule has 0 aliphatic heterocycles. The fourth-order valence-electron chi connectivity index (χ4n) is 7.02. The summed E-state index contributed by atoms with van der Waals surface area (Å²) in [7, 11) is 0. The van der Waals surface area contributed by atoms with Crippen molar-refractivity contribution in [2.45, 2.75) is 32.1 Å². The number of para-hydroxylation sites is 1. The summed E-state index contributed by atoms with van der Waals surface area (Å²) < 4.78 is 6.42. The quantitative estimate of drug-likeness (QED) is 0.150. The Morgan fingerprint density at radius 2 is 1.62 bits per heavy atom. The van der Waals surface area contributed by atoms with Gasteiger partial charge in [-0.25, -0.2) is 0 Å². The molecule has 3 aliphatic carbocycles. The molecule has 1 atom stereocenters. The molecule has 3 aromatic carbocycles. The minimum atomic E-state index is 0.357. The third-order valence-electron chi connectivity index (χ3n) is 9.53. The fraction of sp³-hybridized carbons (Fsp3) is 0.125. The third kappa shape index (κ3) is 7.26. The van der Waals surface area contributed by atoms with Crippen LogP contribution in [0, 0.1) is 5.92 Å². The number of hydrogen-bond donors (Lipinski definition) is 0. The number of anilines is 1. The van der Waals surface area contributed by atoms with E-state index < -0.39 is 0 Å². The highest BCUT2D eigenvalue weighted by Crippen LogP contribution is 2.42. The number of furan rings is 1. The molecule has 1 unspecified atom stereocenters. The van der Waals surface area contributed by atoms with Crippen molar-refractivity contribution in [1.82, 2.24) is 0 Å². The molecule has 0 spiro atoms. The molecule has 1 heterocycles. The van der Waals surface area contributed by atoms with Gasteiger partial charge in [0.1, 0.15) is 11.3 Å². The van der Waals surface area contributed by atoms with Crippen molar-refractivity contribution in [3.63, 3.8) is 0 Å². The zero-order valence-corrected chi connectivity index (χ0v) is 28.5. The second kappa shape index (κ2) is 15.6. The maximum absolute atomic E-state index is 6.42. The molecule has 0 N–H and O–H groups in total. The van der Waals surface area contributed by atoms with Gasteiger partial charge in [0.25, 0.3) is 0 Å². The van der Waals surface area contributed by atoms with Crippen molar-refractivity contribution < 1.29 is 4.42 Å². The van der Waals surface area contributed by atoms with E-state index in [4.69, 9.17) is 4.42 Å². The van der Waals surface area contributed by atoms with Gasteiger partial charge in [-0.2, -0.15) is 0 Å². The van der Waals surface area contributed by atoms with E-state index in [1.54, 1.807) is 12.2 Å². The zero-order chi connectivity index (χ0) is 34.1. The summed E-state index contributed by atoms with van der Waals surface area (Å²) in [5, 5.41) is 1.08. The summed E-state index contributed by atoms with van der Waals surface area (Å²) >= 11 is 0. The lowest BCUT2D eigenvalue weighted by molar-refractivity contribution is 0.605. The second-order valence-corrected chi connectivity index (χ2v) is 12.8. The van der Waals surface area contributed by atoms with E-state index in [1.165, 1.54) is 33.7 Å². The molecule has 0 fully saturated rings. The van der Waals surface area contributed by atoms with Crippen LogP contribution < -0.4 is 4.90 Å². The topological polar surface area (TPSA) is 16.4 Å². The van der Waals surface area contributed by atoms with Gasteiger partial charge in [-0.3, -0.25) is 0 Å². The average molecular weight is 650 g/mol. The first-order valence-electron chi connectivity index (χ1n) is 17.6. The Kier molecular flexibility index (Phi) is 10.2. The van der Waals surface area contributed by atoms with Crippen LogP contribution in [0.5, 0.6) is 0 Å². The predicted molar refractivity (Wildman–Crippen MR) is 214 cm³/mol. The fourth-order valence-corrected chi connectivity index (χ4v) is 7.02. The van der Waals surface area contributed by atoms with Crippen LogP contribution >= 0.6 is 0 Å². The van der Waals surface area contributed by atoms with E-state index in [1.807, 2.05) is 24.3 Å². The van der Waals surface area contributed by atoms with Crippen LogP contribution in [-0.4, -0.2) is 0 Å². The van der Waals surface area contributed by atoms with E-state index in [9.17, 15) is 0 Å². The lowest BCUT2D eigenvalue weighted by atomic mass is 9.89. The highest BCUT2D eigenvalue weighted by Gasteiger charge is 2.23. The molecule has 0 bridgehead atoms. The Bertz CT molecular complexity index is 2170. The van der Waals surface area contributed by atoms with Crippen molar-refractivity contribution in [3.8, 4) is 22.3 Å². The highest BCUT2D eigenvalue weighted by atomic mass is 16.3.